The Morgan fingerprint density at radius 2 is 1.93 bits per heavy atom. The Kier molecular flexibility index (Phi) is 2.27. The highest BCUT2D eigenvalue weighted by Gasteiger charge is 2.41. The van der Waals surface area contributed by atoms with Crippen LogP contribution in [0.25, 0.3) is 0 Å². The standard InChI is InChI=1S/C13H19NO/c1-8(2)10-7-11(13(14)4-5-13)9(3)6-12(10)15/h6-8,15H,4-5,14H2,1-3H3. The van der Waals surface area contributed by atoms with E-state index in [-0.39, 0.29) is 5.54 Å². The number of aromatic hydroxyl groups is 1. The van der Waals surface area contributed by atoms with E-state index < -0.39 is 0 Å². The van der Waals surface area contributed by atoms with Crippen molar-refractivity contribution >= 4 is 0 Å². The lowest BCUT2D eigenvalue weighted by Crippen LogP contribution is -2.20. The molecule has 0 atom stereocenters. The summed E-state index contributed by atoms with van der Waals surface area (Å²) < 4.78 is 0. The summed E-state index contributed by atoms with van der Waals surface area (Å²) in [7, 11) is 0. The first kappa shape index (κ1) is 10.5. The van der Waals surface area contributed by atoms with Crippen molar-refractivity contribution in [2.24, 2.45) is 5.73 Å². The predicted octanol–water partition coefficient (Wildman–Crippen LogP) is 2.77. The van der Waals surface area contributed by atoms with Gasteiger partial charge in [-0.3, -0.25) is 0 Å². The number of phenols is 1. The SMILES string of the molecule is Cc1cc(O)c(C(C)C)cc1C1(N)CC1. The van der Waals surface area contributed by atoms with Gasteiger partial charge in [-0.15, -0.1) is 0 Å². The normalized spacial score (nSPS) is 18.2. The summed E-state index contributed by atoms with van der Waals surface area (Å²) in [6.07, 6.45) is 2.13. The molecular formula is C13H19NO. The lowest BCUT2D eigenvalue weighted by Gasteiger charge is -2.17. The summed E-state index contributed by atoms with van der Waals surface area (Å²) >= 11 is 0. The fourth-order valence-corrected chi connectivity index (χ4v) is 2.11. The third-order valence-corrected chi connectivity index (χ3v) is 3.32. The maximum atomic E-state index is 9.83. The zero-order valence-electron chi connectivity index (χ0n) is 9.67. The van der Waals surface area contributed by atoms with Crippen LogP contribution >= 0.6 is 0 Å². The van der Waals surface area contributed by atoms with Crippen LogP contribution in [0.3, 0.4) is 0 Å². The van der Waals surface area contributed by atoms with E-state index in [9.17, 15) is 5.11 Å². The van der Waals surface area contributed by atoms with Crippen LogP contribution in [0.2, 0.25) is 0 Å². The number of hydrogen-bond acceptors (Lipinski definition) is 2. The van der Waals surface area contributed by atoms with Gasteiger partial charge in [-0.25, -0.2) is 0 Å². The lowest BCUT2D eigenvalue weighted by molar-refractivity contribution is 0.463. The van der Waals surface area contributed by atoms with Crippen molar-refractivity contribution in [3.05, 3.63) is 28.8 Å². The topological polar surface area (TPSA) is 46.2 Å². The van der Waals surface area contributed by atoms with Crippen LogP contribution in [0.1, 0.15) is 49.3 Å². The summed E-state index contributed by atoms with van der Waals surface area (Å²) in [4.78, 5) is 0. The first-order valence-electron chi connectivity index (χ1n) is 5.57. The Morgan fingerprint density at radius 3 is 2.40 bits per heavy atom. The predicted molar refractivity (Wildman–Crippen MR) is 62.0 cm³/mol. The molecule has 0 saturated heterocycles. The van der Waals surface area contributed by atoms with Gasteiger partial charge in [0.1, 0.15) is 5.75 Å². The molecule has 0 heterocycles. The maximum Gasteiger partial charge on any atom is 0.119 e. The minimum atomic E-state index is -0.110. The monoisotopic (exact) mass is 205 g/mol. The van der Waals surface area contributed by atoms with Gasteiger partial charge in [0.15, 0.2) is 0 Å². The zero-order valence-corrected chi connectivity index (χ0v) is 9.67. The molecule has 1 aliphatic rings. The Labute approximate surface area is 91.1 Å². The number of phenolic OH excluding ortho intramolecular Hbond substituents is 1. The van der Waals surface area contributed by atoms with Crippen molar-refractivity contribution in [3.8, 4) is 5.75 Å². The van der Waals surface area contributed by atoms with Crippen molar-refractivity contribution < 1.29 is 5.11 Å². The molecule has 2 nitrogen and oxygen atoms in total. The molecule has 0 radical (unpaired) electrons. The van der Waals surface area contributed by atoms with E-state index in [0.29, 0.717) is 11.7 Å². The molecule has 0 amide bonds. The minimum absolute atomic E-state index is 0.110. The van der Waals surface area contributed by atoms with Crippen LogP contribution < -0.4 is 5.73 Å². The van der Waals surface area contributed by atoms with Gasteiger partial charge in [-0.05, 0) is 54.5 Å². The quantitative estimate of drug-likeness (QED) is 0.779. The highest BCUT2D eigenvalue weighted by atomic mass is 16.3. The number of rotatable bonds is 2. The molecule has 1 fully saturated rings. The van der Waals surface area contributed by atoms with Gasteiger partial charge in [0, 0.05) is 5.54 Å². The van der Waals surface area contributed by atoms with Gasteiger partial charge < -0.3 is 10.8 Å². The summed E-state index contributed by atoms with van der Waals surface area (Å²) in [6, 6.07) is 3.93. The maximum absolute atomic E-state index is 9.83. The highest BCUT2D eigenvalue weighted by molar-refractivity contribution is 5.47. The fourth-order valence-electron chi connectivity index (χ4n) is 2.11. The number of benzene rings is 1. The minimum Gasteiger partial charge on any atom is -0.508 e. The molecule has 15 heavy (non-hydrogen) atoms. The van der Waals surface area contributed by atoms with Gasteiger partial charge in [0.2, 0.25) is 0 Å². The Morgan fingerprint density at radius 1 is 1.33 bits per heavy atom. The average molecular weight is 205 g/mol. The lowest BCUT2D eigenvalue weighted by atomic mass is 9.92. The van der Waals surface area contributed by atoms with E-state index in [0.717, 1.165) is 24.0 Å². The van der Waals surface area contributed by atoms with Crippen molar-refractivity contribution in [3.63, 3.8) is 0 Å². The molecule has 0 aromatic heterocycles. The molecule has 3 N–H and O–H groups in total. The third kappa shape index (κ3) is 1.74. The fraction of sp³-hybridized carbons (Fsp3) is 0.538. The van der Waals surface area contributed by atoms with Crippen LogP contribution in [0.5, 0.6) is 5.75 Å². The van der Waals surface area contributed by atoms with Crippen LogP contribution in [-0.2, 0) is 5.54 Å². The van der Waals surface area contributed by atoms with Crippen LogP contribution in [0.15, 0.2) is 12.1 Å². The highest BCUT2D eigenvalue weighted by Crippen LogP contribution is 2.45. The van der Waals surface area contributed by atoms with Crippen molar-refractivity contribution in [1.82, 2.24) is 0 Å². The Balaban J connectivity index is 2.51. The number of aryl methyl sites for hydroxylation is 1. The molecule has 1 aromatic rings. The summed E-state index contributed by atoms with van der Waals surface area (Å²) in [6.45, 7) is 6.20. The molecule has 82 valence electrons. The largest absolute Gasteiger partial charge is 0.508 e. The van der Waals surface area contributed by atoms with Crippen LogP contribution in [0, 0.1) is 6.92 Å². The van der Waals surface area contributed by atoms with E-state index in [2.05, 4.69) is 19.9 Å². The van der Waals surface area contributed by atoms with Crippen LogP contribution in [0.4, 0.5) is 0 Å². The number of nitrogens with two attached hydrogens (primary N) is 1. The van der Waals surface area contributed by atoms with E-state index in [4.69, 9.17) is 5.73 Å². The molecular weight excluding hydrogens is 186 g/mol. The molecule has 1 aromatic carbocycles. The smallest absolute Gasteiger partial charge is 0.119 e. The van der Waals surface area contributed by atoms with Crippen molar-refractivity contribution in [1.29, 1.82) is 0 Å². The van der Waals surface area contributed by atoms with Gasteiger partial charge >= 0.3 is 0 Å². The van der Waals surface area contributed by atoms with Gasteiger partial charge in [-0.1, -0.05) is 13.8 Å². The molecule has 1 saturated carbocycles. The molecule has 0 spiro atoms. The zero-order chi connectivity index (χ0) is 11.2. The van der Waals surface area contributed by atoms with Gasteiger partial charge in [0.05, 0.1) is 0 Å². The Hall–Kier alpha value is -1.02. The second kappa shape index (κ2) is 3.24. The summed E-state index contributed by atoms with van der Waals surface area (Å²) in [5, 5.41) is 9.83. The van der Waals surface area contributed by atoms with E-state index >= 15 is 0 Å². The molecule has 0 bridgehead atoms. The second-order valence-electron chi connectivity index (χ2n) is 5.04. The molecule has 0 aliphatic heterocycles. The van der Waals surface area contributed by atoms with Crippen LogP contribution in [-0.4, -0.2) is 5.11 Å². The Bertz CT molecular complexity index is 392. The second-order valence-corrected chi connectivity index (χ2v) is 5.04. The molecule has 2 heteroatoms. The molecule has 1 aliphatic carbocycles. The molecule has 0 unspecified atom stereocenters. The van der Waals surface area contributed by atoms with Gasteiger partial charge in [-0.2, -0.15) is 0 Å². The van der Waals surface area contributed by atoms with E-state index in [1.54, 1.807) is 0 Å². The van der Waals surface area contributed by atoms with Crippen molar-refractivity contribution in [2.45, 2.75) is 45.1 Å². The average Bonchev–Trinajstić information content (AvgIpc) is 2.83. The molecule has 2 rings (SSSR count). The first-order valence-corrected chi connectivity index (χ1v) is 5.57. The van der Waals surface area contributed by atoms with Crippen molar-refractivity contribution in [2.75, 3.05) is 0 Å². The van der Waals surface area contributed by atoms with E-state index in [1.165, 1.54) is 5.56 Å². The summed E-state index contributed by atoms with van der Waals surface area (Å²) in [5.74, 6) is 0.738. The first-order chi connectivity index (χ1) is 6.94. The van der Waals surface area contributed by atoms with Gasteiger partial charge in [0.25, 0.3) is 0 Å². The number of hydrogen-bond donors (Lipinski definition) is 2. The third-order valence-electron chi connectivity index (χ3n) is 3.32. The summed E-state index contributed by atoms with van der Waals surface area (Å²) in [5.41, 5.74) is 9.42. The van der Waals surface area contributed by atoms with E-state index in [1.807, 2.05) is 13.0 Å².